The molecule has 0 saturated heterocycles. The molecule has 0 aliphatic heterocycles. The molecular formula is C24H14N2O8S2-2. The van der Waals surface area contributed by atoms with E-state index in [0.717, 1.165) is 12.1 Å². The van der Waals surface area contributed by atoms with E-state index in [4.69, 9.17) is 5.73 Å². The first-order valence-electron chi connectivity index (χ1n) is 10.2. The number of hydrogen-bond donors (Lipinski definition) is 2. The summed E-state index contributed by atoms with van der Waals surface area (Å²) in [7, 11) is -10.1. The number of hydrogen-bond acceptors (Lipinski definition) is 10. The van der Waals surface area contributed by atoms with Gasteiger partial charge < -0.3 is 20.2 Å². The van der Waals surface area contributed by atoms with Gasteiger partial charge in [0.1, 0.15) is 20.2 Å². The third-order valence-corrected chi connectivity index (χ3v) is 7.63. The van der Waals surface area contributed by atoms with Gasteiger partial charge in [-0.2, -0.15) is 0 Å². The summed E-state index contributed by atoms with van der Waals surface area (Å²) < 4.78 is 71.8. The van der Waals surface area contributed by atoms with Crippen molar-refractivity contribution in [1.82, 2.24) is 0 Å². The van der Waals surface area contributed by atoms with Crippen LogP contribution in [0.5, 0.6) is 0 Å². The molecule has 0 unspecified atom stereocenters. The maximum Gasteiger partial charge on any atom is 0.196 e. The predicted octanol–water partition coefficient (Wildman–Crippen LogP) is 2.75. The number of nitrogens with one attached hydrogen (secondary N) is 1. The predicted molar refractivity (Wildman–Crippen MR) is 127 cm³/mol. The monoisotopic (exact) mass is 522 g/mol. The molecule has 10 nitrogen and oxygen atoms in total. The zero-order valence-electron chi connectivity index (χ0n) is 18.0. The SMILES string of the molecule is Nc1c(S(=O)(=O)[O-])cc(Nc2cccc3cccc(S(=O)(=O)[O-])c23)c2c1C(=O)c1ccccc1C2=O. The third kappa shape index (κ3) is 3.63. The average Bonchev–Trinajstić information content (AvgIpc) is 2.81. The summed E-state index contributed by atoms with van der Waals surface area (Å²) in [6.45, 7) is 0. The average molecular weight is 523 g/mol. The smallest absolute Gasteiger partial charge is 0.196 e. The van der Waals surface area contributed by atoms with Gasteiger partial charge in [0.2, 0.25) is 0 Å². The topological polar surface area (TPSA) is 187 Å². The molecule has 0 spiro atoms. The fourth-order valence-corrected chi connectivity index (χ4v) is 5.72. The minimum atomic E-state index is -5.20. The Labute approximate surface area is 204 Å². The van der Waals surface area contributed by atoms with Crippen LogP contribution in [0, 0.1) is 0 Å². The van der Waals surface area contributed by atoms with Crippen LogP contribution in [-0.4, -0.2) is 37.5 Å². The normalized spacial score (nSPS) is 13.4. The van der Waals surface area contributed by atoms with Crippen molar-refractivity contribution in [3.05, 3.63) is 89.0 Å². The number of nitrogens with two attached hydrogens (primary N) is 1. The summed E-state index contributed by atoms with van der Waals surface area (Å²) in [4.78, 5) is 25.2. The molecule has 4 aromatic rings. The molecule has 0 amide bonds. The van der Waals surface area contributed by atoms with Gasteiger partial charge in [0, 0.05) is 22.2 Å². The van der Waals surface area contributed by atoms with Crippen LogP contribution in [-0.2, 0) is 20.2 Å². The van der Waals surface area contributed by atoms with Gasteiger partial charge in [-0.15, -0.1) is 0 Å². The maximum atomic E-state index is 13.4. The quantitative estimate of drug-likeness (QED) is 0.262. The van der Waals surface area contributed by atoms with E-state index in [1.807, 2.05) is 0 Å². The minimum Gasteiger partial charge on any atom is -0.744 e. The second-order valence-corrected chi connectivity index (χ2v) is 10.7. The van der Waals surface area contributed by atoms with Crippen LogP contribution in [0.2, 0.25) is 0 Å². The van der Waals surface area contributed by atoms with E-state index >= 15 is 0 Å². The molecule has 0 aromatic heterocycles. The highest BCUT2D eigenvalue weighted by Gasteiger charge is 2.35. The van der Waals surface area contributed by atoms with E-state index in [0.29, 0.717) is 5.39 Å². The molecule has 0 fully saturated rings. The number of fused-ring (bicyclic) bond motifs is 3. The van der Waals surface area contributed by atoms with Crippen molar-refractivity contribution in [1.29, 1.82) is 0 Å². The van der Waals surface area contributed by atoms with Crippen molar-refractivity contribution in [2.75, 3.05) is 11.1 Å². The lowest BCUT2D eigenvalue weighted by Crippen LogP contribution is -2.25. The van der Waals surface area contributed by atoms with E-state index in [-0.39, 0.29) is 33.5 Å². The first-order valence-corrected chi connectivity index (χ1v) is 13.1. The highest BCUT2D eigenvalue weighted by atomic mass is 32.2. The van der Waals surface area contributed by atoms with Crippen LogP contribution in [0.4, 0.5) is 17.1 Å². The fraction of sp³-hybridized carbons (Fsp3) is 0. The van der Waals surface area contributed by atoms with Crippen molar-refractivity contribution in [2.45, 2.75) is 9.79 Å². The molecular weight excluding hydrogens is 508 g/mol. The lowest BCUT2D eigenvalue weighted by Gasteiger charge is -2.25. The van der Waals surface area contributed by atoms with Gasteiger partial charge in [-0.25, -0.2) is 16.8 Å². The molecule has 5 rings (SSSR count). The molecule has 0 heterocycles. The Bertz CT molecular complexity index is 1860. The first-order chi connectivity index (χ1) is 16.9. The van der Waals surface area contributed by atoms with E-state index in [1.54, 1.807) is 12.1 Å². The van der Waals surface area contributed by atoms with Crippen LogP contribution < -0.4 is 11.1 Å². The number of rotatable bonds is 4. The Morgan fingerprint density at radius 1 is 0.667 bits per heavy atom. The van der Waals surface area contributed by atoms with Gasteiger partial charge >= 0.3 is 0 Å². The van der Waals surface area contributed by atoms with Crippen LogP contribution in [0.15, 0.2) is 76.5 Å². The minimum absolute atomic E-state index is 0.0157. The summed E-state index contributed by atoms with van der Waals surface area (Å²) in [6.07, 6.45) is 0. The second-order valence-electron chi connectivity index (χ2n) is 7.98. The first kappa shape index (κ1) is 23.6. The molecule has 1 aliphatic rings. The third-order valence-electron chi connectivity index (χ3n) is 5.87. The highest BCUT2D eigenvalue weighted by molar-refractivity contribution is 7.86. The number of benzene rings is 4. The second kappa shape index (κ2) is 7.96. The largest absolute Gasteiger partial charge is 0.744 e. The van der Waals surface area contributed by atoms with Crippen molar-refractivity contribution in [3.8, 4) is 0 Å². The Kier molecular flexibility index (Phi) is 5.23. The van der Waals surface area contributed by atoms with E-state index in [2.05, 4.69) is 5.32 Å². The lowest BCUT2D eigenvalue weighted by atomic mass is 9.82. The number of carbonyl (C=O) groups excluding carboxylic acids is 2. The lowest BCUT2D eigenvalue weighted by molar-refractivity contribution is 0.0980. The maximum absolute atomic E-state index is 13.4. The molecule has 0 radical (unpaired) electrons. The molecule has 0 atom stereocenters. The van der Waals surface area contributed by atoms with Gasteiger partial charge in [-0.05, 0) is 23.6 Å². The summed E-state index contributed by atoms with van der Waals surface area (Å²) in [5, 5.41) is 3.10. The Morgan fingerprint density at radius 2 is 1.22 bits per heavy atom. The van der Waals surface area contributed by atoms with Gasteiger partial charge in [0.05, 0.1) is 32.3 Å². The number of anilines is 3. The highest BCUT2D eigenvalue weighted by Crippen LogP contribution is 2.41. The van der Waals surface area contributed by atoms with Crippen molar-refractivity contribution >= 4 is 59.6 Å². The summed E-state index contributed by atoms with van der Waals surface area (Å²) in [6, 6.07) is 15.2. The number of carbonyl (C=O) groups is 2. The van der Waals surface area contributed by atoms with Crippen molar-refractivity contribution < 1.29 is 35.5 Å². The Hall–Kier alpha value is -4.10. The zero-order valence-corrected chi connectivity index (χ0v) is 19.6. The summed E-state index contributed by atoms with van der Waals surface area (Å²) in [5.41, 5.74) is 4.28. The van der Waals surface area contributed by atoms with Gasteiger partial charge in [-0.1, -0.05) is 48.5 Å². The molecule has 3 N–H and O–H groups in total. The van der Waals surface area contributed by atoms with E-state index in [1.165, 1.54) is 42.5 Å². The number of ketones is 2. The summed E-state index contributed by atoms with van der Waals surface area (Å²) in [5.74, 6) is -1.42. The van der Waals surface area contributed by atoms with Crippen LogP contribution in [0.1, 0.15) is 31.8 Å². The molecule has 182 valence electrons. The Balaban J connectivity index is 1.85. The number of nitrogen functional groups attached to an aromatic ring is 1. The zero-order chi connectivity index (χ0) is 26.0. The van der Waals surface area contributed by atoms with Gasteiger partial charge in [0.25, 0.3) is 0 Å². The van der Waals surface area contributed by atoms with Gasteiger partial charge in [-0.3, -0.25) is 9.59 Å². The van der Waals surface area contributed by atoms with E-state index in [9.17, 15) is 35.5 Å². The standard InChI is InChI=1S/C24H16N2O8S2/c25-22-18(36(32,33)34)11-16(20-21(22)24(28)14-8-2-1-7-13(14)23(20)27)26-15-9-3-5-12-6-4-10-17(19(12)15)35(29,30)31/h1-11,26H,25H2,(H,29,30,31)(H,32,33,34)/p-2. The summed E-state index contributed by atoms with van der Waals surface area (Å²) >= 11 is 0. The van der Waals surface area contributed by atoms with Crippen LogP contribution in [0.3, 0.4) is 0 Å². The Morgan fingerprint density at radius 3 is 1.81 bits per heavy atom. The van der Waals surface area contributed by atoms with Crippen LogP contribution >= 0.6 is 0 Å². The molecule has 4 aromatic carbocycles. The molecule has 36 heavy (non-hydrogen) atoms. The molecule has 0 bridgehead atoms. The molecule has 1 aliphatic carbocycles. The van der Waals surface area contributed by atoms with Crippen molar-refractivity contribution in [3.63, 3.8) is 0 Å². The van der Waals surface area contributed by atoms with Crippen LogP contribution in [0.25, 0.3) is 10.8 Å². The van der Waals surface area contributed by atoms with Crippen molar-refractivity contribution in [2.24, 2.45) is 0 Å². The fourth-order valence-electron chi connectivity index (χ4n) is 4.36. The molecule has 12 heteroatoms. The van der Waals surface area contributed by atoms with Gasteiger partial charge in [0.15, 0.2) is 11.6 Å². The molecule has 0 saturated carbocycles. The van der Waals surface area contributed by atoms with E-state index < -0.39 is 52.8 Å².